The zero-order valence-corrected chi connectivity index (χ0v) is 20.9. The van der Waals surface area contributed by atoms with Gasteiger partial charge in [0.25, 0.3) is 5.91 Å². The van der Waals surface area contributed by atoms with Gasteiger partial charge in [0.2, 0.25) is 5.43 Å². The molecular weight excluding hydrogens is 480 g/mol. The summed E-state index contributed by atoms with van der Waals surface area (Å²) in [7, 11) is 0. The Balaban J connectivity index is 1.25. The summed E-state index contributed by atoms with van der Waals surface area (Å²) in [5.41, 5.74) is 1.49. The molecule has 2 aromatic heterocycles. The number of hydrogen-bond donors (Lipinski definition) is 2. The number of aliphatic hydroxyl groups is 1. The van der Waals surface area contributed by atoms with Crippen LogP contribution in [-0.4, -0.2) is 43.3 Å². The summed E-state index contributed by atoms with van der Waals surface area (Å²) in [6.45, 7) is 0. The Bertz CT molecular complexity index is 1550. The molecule has 3 fully saturated rings. The fraction of sp³-hybridized carbons (Fsp3) is 0.367. The number of allylic oxidation sites excluding steroid dienone is 2. The third-order valence-electron chi connectivity index (χ3n) is 8.31. The standard InChI is InChI=1S/C30H29N4O4/c35-27-24-5-2-14-31-28(24)33(17-25(27)29(36)32-22-11-12-22)23-4-1-3-18(15-23)19-6-13-26(34(38)16-19)30(37,20-7-8-20)21-9-10-21/h1-6,13-17,20-22,26,37H,7-12H2,(H,32,36)/q-1. The Kier molecular flexibility index (Phi) is 5.32. The van der Waals surface area contributed by atoms with Crippen molar-refractivity contribution >= 4 is 22.5 Å². The van der Waals surface area contributed by atoms with Gasteiger partial charge in [-0.1, -0.05) is 24.3 Å². The fourth-order valence-corrected chi connectivity index (χ4v) is 5.82. The molecule has 1 aromatic carbocycles. The largest absolute Gasteiger partial charge is 0.758 e. The van der Waals surface area contributed by atoms with Crippen LogP contribution in [0.5, 0.6) is 0 Å². The maximum Gasteiger partial charge on any atom is 0.257 e. The Labute approximate surface area is 219 Å². The van der Waals surface area contributed by atoms with Gasteiger partial charge >= 0.3 is 0 Å². The molecule has 0 saturated heterocycles. The van der Waals surface area contributed by atoms with Gasteiger partial charge in [0.1, 0.15) is 11.2 Å². The van der Waals surface area contributed by atoms with Gasteiger partial charge in [-0.05, 0) is 92.0 Å². The summed E-state index contributed by atoms with van der Waals surface area (Å²) in [6.07, 6.45) is 14.3. The van der Waals surface area contributed by atoms with Crippen LogP contribution in [0.1, 0.15) is 54.4 Å². The molecule has 1 atom stereocenters. The SMILES string of the molecule is O=C(NC1CC1)c1cn(-c2cccc(C3=CN([O-])C(C(O)(C4CC4)C4CC4)C=C3)c2)c2ncccc2c1=O. The van der Waals surface area contributed by atoms with E-state index in [0.29, 0.717) is 16.7 Å². The molecule has 0 radical (unpaired) electrons. The predicted molar refractivity (Wildman–Crippen MR) is 144 cm³/mol. The number of carbonyl (C=O) groups excluding carboxylic acids is 1. The molecule has 1 unspecified atom stereocenters. The highest BCUT2D eigenvalue weighted by atomic mass is 16.5. The first kappa shape index (κ1) is 23.4. The first-order chi connectivity index (χ1) is 18.4. The second kappa shape index (κ2) is 8.64. The average molecular weight is 510 g/mol. The van der Waals surface area contributed by atoms with Crippen LogP contribution in [0.15, 0.2) is 71.9 Å². The van der Waals surface area contributed by atoms with Crippen LogP contribution < -0.4 is 10.7 Å². The molecule has 0 bridgehead atoms. The van der Waals surface area contributed by atoms with Crippen molar-refractivity contribution in [2.75, 3.05) is 0 Å². The number of aromatic nitrogens is 2. The number of carbonyl (C=O) groups is 1. The van der Waals surface area contributed by atoms with Crippen LogP contribution in [0.3, 0.4) is 0 Å². The van der Waals surface area contributed by atoms with Crippen LogP contribution >= 0.6 is 0 Å². The Morgan fingerprint density at radius 1 is 1.08 bits per heavy atom. The van der Waals surface area contributed by atoms with Crippen molar-refractivity contribution in [2.24, 2.45) is 11.8 Å². The van der Waals surface area contributed by atoms with Crippen LogP contribution in [0.25, 0.3) is 22.3 Å². The number of nitrogens with zero attached hydrogens (tertiary/aromatic N) is 3. The topological polar surface area (TPSA) is 111 Å². The number of hydrogen-bond acceptors (Lipinski definition) is 6. The monoisotopic (exact) mass is 509 g/mol. The van der Waals surface area contributed by atoms with Crippen LogP contribution in [0.4, 0.5) is 0 Å². The van der Waals surface area contributed by atoms with E-state index in [1.54, 1.807) is 35.3 Å². The van der Waals surface area contributed by atoms with Crippen molar-refractivity contribution in [3.05, 3.63) is 93.7 Å². The van der Waals surface area contributed by atoms with E-state index in [4.69, 9.17) is 0 Å². The first-order valence-corrected chi connectivity index (χ1v) is 13.4. The minimum Gasteiger partial charge on any atom is -0.758 e. The first-order valence-electron chi connectivity index (χ1n) is 13.4. The van der Waals surface area contributed by atoms with Crippen molar-refractivity contribution in [2.45, 2.75) is 56.2 Å². The summed E-state index contributed by atoms with van der Waals surface area (Å²) in [6, 6.07) is 10.5. The predicted octanol–water partition coefficient (Wildman–Crippen LogP) is 3.91. The number of benzene rings is 1. The second-order valence-corrected chi connectivity index (χ2v) is 11.1. The summed E-state index contributed by atoms with van der Waals surface area (Å²) >= 11 is 0. The van der Waals surface area contributed by atoms with Crippen molar-refractivity contribution in [3.8, 4) is 5.69 Å². The molecule has 3 aromatic rings. The van der Waals surface area contributed by atoms with Crippen molar-refractivity contribution < 1.29 is 9.90 Å². The fourth-order valence-electron chi connectivity index (χ4n) is 5.82. The van der Waals surface area contributed by atoms with E-state index in [9.17, 15) is 19.9 Å². The molecule has 2 N–H and O–H groups in total. The smallest absolute Gasteiger partial charge is 0.257 e. The molecule has 8 nitrogen and oxygen atoms in total. The third kappa shape index (κ3) is 3.95. The Morgan fingerprint density at radius 3 is 2.53 bits per heavy atom. The summed E-state index contributed by atoms with van der Waals surface area (Å²) in [5.74, 6) is 0.0247. The number of hydroxylamine groups is 2. The van der Waals surface area contributed by atoms with Crippen molar-refractivity contribution in [3.63, 3.8) is 0 Å². The number of pyridine rings is 2. The van der Waals surface area contributed by atoms with Gasteiger partial charge in [0, 0.05) is 24.1 Å². The maximum atomic E-state index is 13.2. The lowest BCUT2D eigenvalue weighted by Crippen LogP contribution is -2.52. The maximum absolute atomic E-state index is 13.2. The van der Waals surface area contributed by atoms with Gasteiger partial charge in [-0.25, -0.2) is 4.98 Å². The van der Waals surface area contributed by atoms with Gasteiger partial charge in [-0.3, -0.25) is 9.59 Å². The van der Waals surface area contributed by atoms with Crippen molar-refractivity contribution in [1.82, 2.24) is 19.9 Å². The van der Waals surface area contributed by atoms with Gasteiger partial charge in [0.05, 0.1) is 17.0 Å². The number of rotatable bonds is 7. The van der Waals surface area contributed by atoms with E-state index < -0.39 is 11.6 Å². The van der Waals surface area contributed by atoms with E-state index in [1.807, 2.05) is 36.4 Å². The lowest BCUT2D eigenvalue weighted by molar-refractivity contribution is -0.0453. The lowest BCUT2D eigenvalue weighted by Gasteiger charge is -2.47. The lowest BCUT2D eigenvalue weighted by atomic mass is 9.82. The molecule has 1 amide bonds. The Hall–Kier alpha value is -3.75. The molecule has 4 aliphatic rings. The highest BCUT2D eigenvalue weighted by molar-refractivity contribution is 5.97. The van der Waals surface area contributed by atoms with Gasteiger partial charge in [-0.15, -0.1) is 0 Å². The summed E-state index contributed by atoms with van der Waals surface area (Å²) in [4.78, 5) is 30.5. The van der Waals surface area contributed by atoms with Crippen LogP contribution in [0.2, 0.25) is 0 Å². The van der Waals surface area contributed by atoms with Crippen LogP contribution in [0, 0.1) is 17.0 Å². The zero-order chi connectivity index (χ0) is 26.0. The summed E-state index contributed by atoms with van der Waals surface area (Å²) < 4.78 is 1.76. The molecule has 3 heterocycles. The third-order valence-corrected chi connectivity index (χ3v) is 8.31. The van der Waals surface area contributed by atoms with E-state index in [1.165, 1.54) is 0 Å². The number of nitrogens with one attached hydrogen (secondary N) is 1. The highest BCUT2D eigenvalue weighted by Crippen LogP contribution is 2.55. The summed E-state index contributed by atoms with van der Waals surface area (Å²) in [5, 5.41) is 28.9. The van der Waals surface area contributed by atoms with Crippen molar-refractivity contribution in [1.29, 1.82) is 0 Å². The van der Waals surface area contributed by atoms with E-state index in [-0.39, 0.29) is 34.8 Å². The minimum atomic E-state index is -0.958. The molecule has 3 saturated carbocycles. The van der Waals surface area contributed by atoms with E-state index >= 15 is 0 Å². The normalized spacial score (nSPS) is 21.5. The molecule has 38 heavy (non-hydrogen) atoms. The van der Waals surface area contributed by atoms with E-state index in [0.717, 1.165) is 54.7 Å². The highest BCUT2D eigenvalue weighted by Gasteiger charge is 2.57. The number of fused-ring (bicyclic) bond motifs is 1. The Morgan fingerprint density at radius 2 is 1.84 bits per heavy atom. The van der Waals surface area contributed by atoms with E-state index in [2.05, 4.69) is 10.3 Å². The molecule has 0 spiro atoms. The zero-order valence-electron chi connectivity index (χ0n) is 20.9. The molecule has 1 aliphatic heterocycles. The molecule has 7 rings (SSSR count). The van der Waals surface area contributed by atoms with Gasteiger partial charge < -0.3 is 25.3 Å². The molecule has 3 aliphatic carbocycles. The van der Waals surface area contributed by atoms with Gasteiger partial charge in [0.15, 0.2) is 0 Å². The van der Waals surface area contributed by atoms with Crippen LogP contribution in [-0.2, 0) is 0 Å². The second-order valence-electron chi connectivity index (χ2n) is 11.1. The molecule has 194 valence electrons. The average Bonchev–Trinajstić information content (AvgIpc) is 3.77. The minimum absolute atomic E-state index is 0.0765. The van der Waals surface area contributed by atoms with Gasteiger partial charge in [-0.2, -0.15) is 0 Å². The molecule has 8 heteroatoms. The number of amides is 1. The quantitative estimate of drug-likeness (QED) is 0.500. The molecular formula is C30H29N4O4-.